The quantitative estimate of drug-likeness (QED) is 0.446. The minimum Gasteiger partial charge on any atom is -0.422 e. The van der Waals surface area contributed by atoms with E-state index < -0.39 is 11.4 Å². The molecule has 3 heteroatoms. The van der Waals surface area contributed by atoms with Crippen LogP contribution in [0.25, 0.3) is 12.2 Å². The molecule has 0 unspecified atom stereocenters. The van der Waals surface area contributed by atoms with Crippen molar-refractivity contribution in [3.8, 4) is 0 Å². The Labute approximate surface area is 124 Å². The Balaban J connectivity index is 3.20. The van der Waals surface area contributed by atoms with Crippen molar-refractivity contribution in [2.75, 3.05) is 0 Å². The molecule has 1 rings (SSSR count). The largest absolute Gasteiger partial charge is 0.422 e. The summed E-state index contributed by atoms with van der Waals surface area (Å²) in [4.78, 5) is 23.9. The van der Waals surface area contributed by atoms with E-state index in [2.05, 4.69) is 13.2 Å². The van der Waals surface area contributed by atoms with Crippen LogP contribution < -0.4 is 5.63 Å². The number of rotatable bonds is 6. The summed E-state index contributed by atoms with van der Waals surface area (Å²) in [5, 5.41) is 0. The maximum absolute atomic E-state index is 12.1. The van der Waals surface area contributed by atoms with E-state index in [1.54, 1.807) is 6.08 Å². The van der Waals surface area contributed by atoms with Crippen LogP contribution >= 0.6 is 0 Å². The van der Waals surface area contributed by atoms with E-state index in [0.29, 0.717) is 11.3 Å². The zero-order chi connectivity index (χ0) is 15.8. The third-order valence-electron chi connectivity index (χ3n) is 2.80. The zero-order valence-electron chi connectivity index (χ0n) is 12.3. The summed E-state index contributed by atoms with van der Waals surface area (Å²) in [7, 11) is 0. The molecule has 0 amide bonds. The van der Waals surface area contributed by atoms with Crippen LogP contribution in [0.2, 0.25) is 0 Å². The third-order valence-corrected chi connectivity index (χ3v) is 2.80. The van der Waals surface area contributed by atoms with Gasteiger partial charge >= 0.3 is 5.63 Å². The van der Waals surface area contributed by atoms with E-state index in [0.717, 1.165) is 5.57 Å². The van der Waals surface area contributed by atoms with E-state index in [4.69, 9.17) is 4.42 Å². The Bertz CT molecular complexity index is 698. The monoisotopic (exact) mass is 282 g/mol. The van der Waals surface area contributed by atoms with E-state index in [-0.39, 0.29) is 5.56 Å². The molecule has 0 saturated carbocycles. The highest BCUT2D eigenvalue weighted by Crippen LogP contribution is 2.12. The topological polar surface area (TPSA) is 47.3 Å². The molecule has 0 N–H and O–H groups in total. The lowest BCUT2D eigenvalue weighted by Crippen LogP contribution is -2.13. The van der Waals surface area contributed by atoms with Crippen LogP contribution in [0.15, 0.2) is 64.4 Å². The number of carbonyl (C=O) groups is 1. The standard InChI is InChI=1S/C18H18O3/c1-5-9-13(6-2)10-11-16(19)15-12-14(7-3)17(8-4)21-18(15)20/h5-12H,3-4H2,1-2H3/b9-5-,11-10+,13-6+. The fourth-order valence-corrected chi connectivity index (χ4v) is 1.69. The van der Waals surface area contributed by atoms with E-state index in [1.165, 1.54) is 24.3 Å². The van der Waals surface area contributed by atoms with Gasteiger partial charge < -0.3 is 4.42 Å². The summed E-state index contributed by atoms with van der Waals surface area (Å²) in [5.74, 6) is -0.107. The molecular formula is C18H18O3. The van der Waals surface area contributed by atoms with Gasteiger partial charge in [0.2, 0.25) is 0 Å². The van der Waals surface area contributed by atoms with Gasteiger partial charge in [-0.2, -0.15) is 0 Å². The van der Waals surface area contributed by atoms with E-state index in [1.807, 2.05) is 32.1 Å². The molecule has 0 fully saturated rings. The summed E-state index contributed by atoms with van der Waals surface area (Å²) >= 11 is 0. The Morgan fingerprint density at radius 1 is 1.14 bits per heavy atom. The minimum absolute atomic E-state index is 0.0253. The van der Waals surface area contributed by atoms with Crippen LogP contribution in [0.4, 0.5) is 0 Å². The van der Waals surface area contributed by atoms with E-state index >= 15 is 0 Å². The summed E-state index contributed by atoms with van der Waals surface area (Å²) in [6.07, 6.45) is 11.5. The fraction of sp³-hybridized carbons (Fsp3) is 0.111. The Morgan fingerprint density at radius 3 is 2.38 bits per heavy atom. The number of allylic oxidation sites excluding steroid dienone is 6. The number of carbonyl (C=O) groups excluding carboxylic acids is 1. The molecule has 0 radical (unpaired) electrons. The molecule has 0 bridgehead atoms. The Kier molecular flexibility index (Phi) is 6.08. The van der Waals surface area contributed by atoms with Crippen molar-refractivity contribution in [2.24, 2.45) is 0 Å². The summed E-state index contributed by atoms with van der Waals surface area (Å²) in [6, 6.07) is 1.47. The summed E-state index contributed by atoms with van der Waals surface area (Å²) in [5.41, 5.74) is 0.726. The van der Waals surface area contributed by atoms with Crippen molar-refractivity contribution >= 4 is 17.9 Å². The van der Waals surface area contributed by atoms with Gasteiger partial charge in [0.1, 0.15) is 11.3 Å². The lowest BCUT2D eigenvalue weighted by molar-refractivity contribution is 0.104. The van der Waals surface area contributed by atoms with Crippen molar-refractivity contribution in [1.29, 1.82) is 0 Å². The molecule has 1 heterocycles. The third kappa shape index (κ3) is 4.14. The predicted octanol–water partition coefficient (Wildman–Crippen LogP) is 4.19. The Hall–Kier alpha value is -2.68. The first-order valence-corrected chi connectivity index (χ1v) is 6.51. The molecule has 0 aliphatic carbocycles. The second kappa shape index (κ2) is 7.80. The SMILES string of the molecule is C=Cc1cc(C(=O)/C=C/C(/C=C\C)=C/C)c(=O)oc1C=C. The van der Waals surface area contributed by atoms with Gasteiger partial charge in [0.05, 0.1) is 0 Å². The molecule has 0 aliphatic rings. The maximum atomic E-state index is 12.1. The average molecular weight is 282 g/mol. The smallest absolute Gasteiger partial charge is 0.347 e. The first-order valence-electron chi connectivity index (χ1n) is 6.51. The fourth-order valence-electron chi connectivity index (χ4n) is 1.69. The molecule has 1 aromatic rings. The molecule has 3 nitrogen and oxygen atoms in total. The Morgan fingerprint density at radius 2 is 1.86 bits per heavy atom. The molecule has 0 spiro atoms. The van der Waals surface area contributed by atoms with Crippen molar-refractivity contribution in [2.45, 2.75) is 13.8 Å². The van der Waals surface area contributed by atoms with Crippen molar-refractivity contribution < 1.29 is 9.21 Å². The van der Waals surface area contributed by atoms with Gasteiger partial charge in [0.25, 0.3) is 0 Å². The molecule has 0 aliphatic heterocycles. The van der Waals surface area contributed by atoms with E-state index in [9.17, 15) is 9.59 Å². The molecule has 0 atom stereocenters. The highest BCUT2D eigenvalue weighted by atomic mass is 16.4. The number of hydrogen-bond donors (Lipinski definition) is 0. The van der Waals surface area contributed by atoms with Crippen LogP contribution in [0, 0.1) is 0 Å². The van der Waals surface area contributed by atoms with Crippen molar-refractivity contribution in [3.05, 3.63) is 82.5 Å². The number of ketones is 1. The molecule has 0 aromatic carbocycles. The van der Waals surface area contributed by atoms with Gasteiger partial charge in [0.15, 0.2) is 5.78 Å². The second-order valence-electron chi connectivity index (χ2n) is 4.16. The summed E-state index contributed by atoms with van der Waals surface area (Å²) < 4.78 is 5.05. The van der Waals surface area contributed by atoms with Crippen LogP contribution in [0.1, 0.15) is 35.5 Å². The lowest BCUT2D eigenvalue weighted by Gasteiger charge is -2.01. The number of hydrogen-bond acceptors (Lipinski definition) is 3. The normalized spacial score (nSPS) is 12.0. The zero-order valence-corrected chi connectivity index (χ0v) is 12.3. The maximum Gasteiger partial charge on any atom is 0.347 e. The minimum atomic E-state index is -0.682. The average Bonchev–Trinajstić information content (AvgIpc) is 2.50. The predicted molar refractivity (Wildman–Crippen MR) is 87.2 cm³/mol. The summed E-state index contributed by atoms with van der Waals surface area (Å²) in [6.45, 7) is 10.9. The highest BCUT2D eigenvalue weighted by molar-refractivity contribution is 6.04. The molecule has 1 aromatic heterocycles. The molecular weight excluding hydrogens is 264 g/mol. The van der Waals surface area contributed by atoms with Gasteiger partial charge in [-0.25, -0.2) is 4.79 Å². The molecule has 0 saturated heterocycles. The van der Waals surface area contributed by atoms with Crippen LogP contribution in [0.3, 0.4) is 0 Å². The highest BCUT2D eigenvalue weighted by Gasteiger charge is 2.12. The van der Waals surface area contributed by atoms with Crippen LogP contribution in [-0.4, -0.2) is 5.78 Å². The van der Waals surface area contributed by atoms with Gasteiger partial charge in [-0.15, -0.1) is 0 Å². The van der Waals surface area contributed by atoms with Crippen molar-refractivity contribution in [1.82, 2.24) is 0 Å². The van der Waals surface area contributed by atoms with Gasteiger partial charge in [-0.1, -0.05) is 43.5 Å². The molecule has 21 heavy (non-hydrogen) atoms. The molecule has 108 valence electrons. The van der Waals surface area contributed by atoms with Gasteiger partial charge in [-0.3, -0.25) is 4.79 Å². The van der Waals surface area contributed by atoms with Crippen molar-refractivity contribution in [3.63, 3.8) is 0 Å². The first kappa shape index (κ1) is 16.4. The van der Waals surface area contributed by atoms with Crippen LogP contribution in [-0.2, 0) is 0 Å². The first-order chi connectivity index (χ1) is 10.1. The lowest BCUT2D eigenvalue weighted by atomic mass is 10.1. The van der Waals surface area contributed by atoms with Gasteiger partial charge in [-0.05, 0) is 37.6 Å². The van der Waals surface area contributed by atoms with Crippen LogP contribution in [0.5, 0.6) is 0 Å². The second-order valence-corrected chi connectivity index (χ2v) is 4.16. The van der Waals surface area contributed by atoms with Gasteiger partial charge in [0, 0.05) is 5.56 Å².